The number of aryl methyl sites for hydroxylation is 1. The van der Waals surface area contributed by atoms with Crippen molar-refractivity contribution in [2.75, 3.05) is 0 Å². The average Bonchev–Trinajstić information content (AvgIpc) is 2.84. The molecule has 0 aliphatic heterocycles. The normalized spacial score (nSPS) is 10.2. The third-order valence-electron chi connectivity index (χ3n) is 2.35. The first-order valence-corrected chi connectivity index (χ1v) is 5.38. The molecule has 1 amide bonds. The number of nitrogens with zero attached hydrogens (tertiary/aromatic N) is 4. The summed E-state index contributed by atoms with van der Waals surface area (Å²) in [6.45, 7) is 1.50. The number of rotatable bonds is 4. The molecule has 0 saturated heterocycles. The Balaban J connectivity index is 2.23. The zero-order valence-electron chi connectivity index (χ0n) is 10.2. The van der Waals surface area contributed by atoms with Crippen molar-refractivity contribution in [3.05, 3.63) is 33.8 Å². The zero-order valence-corrected chi connectivity index (χ0v) is 10.2. The van der Waals surface area contributed by atoms with Crippen LogP contribution in [0, 0.1) is 17.0 Å². The minimum absolute atomic E-state index is 0.0713. The van der Waals surface area contributed by atoms with Gasteiger partial charge in [0.15, 0.2) is 0 Å². The van der Waals surface area contributed by atoms with Crippen LogP contribution in [0.5, 0.6) is 0 Å². The number of carboxylic acid groups (broad SMARTS) is 1. The minimum Gasteiger partial charge on any atom is -0.465 e. The van der Waals surface area contributed by atoms with Gasteiger partial charge in [-0.1, -0.05) is 5.16 Å². The fourth-order valence-corrected chi connectivity index (χ4v) is 1.47. The Morgan fingerprint density at radius 2 is 2.35 bits per heavy atom. The lowest BCUT2D eigenvalue weighted by Crippen LogP contribution is -2.20. The first-order valence-electron chi connectivity index (χ1n) is 5.38. The molecule has 0 unspecified atom stereocenters. The van der Waals surface area contributed by atoms with Crippen molar-refractivity contribution in [3.63, 3.8) is 0 Å². The van der Waals surface area contributed by atoms with Gasteiger partial charge < -0.3 is 14.9 Å². The average molecular weight is 279 g/mol. The summed E-state index contributed by atoms with van der Waals surface area (Å²) < 4.78 is 4.84. The number of aromatic nitrogens is 3. The quantitative estimate of drug-likeness (QED) is 0.625. The fourth-order valence-electron chi connectivity index (χ4n) is 1.47. The summed E-state index contributed by atoms with van der Waals surface area (Å²) in [5, 5.41) is 24.8. The van der Waals surface area contributed by atoms with Crippen molar-refractivity contribution in [1.29, 1.82) is 0 Å². The molecular formula is C10H9N5O5. The van der Waals surface area contributed by atoms with E-state index in [1.807, 2.05) is 0 Å². The molecule has 20 heavy (non-hydrogen) atoms. The minimum atomic E-state index is -1.21. The molecule has 2 N–H and O–H groups in total. The maximum absolute atomic E-state index is 10.6. The molecule has 10 heteroatoms. The smallest absolute Gasteiger partial charge is 0.405 e. The molecule has 0 radical (unpaired) electrons. The van der Waals surface area contributed by atoms with Crippen LogP contribution in [0.3, 0.4) is 0 Å². The van der Waals surface area contributed by atoms with Crippen LogP contribution in [0.2, 0.25) is 0 Å². The van der Waals surface area contributed by atoms with Gasteiger partial charge in [-0.25, -0.2) is 9.78 Å². The van der Waals surface area contributed by atoms with Crippen LogP contribution in [0.1, 0.15) is 11.5 Å². The van der Waals surface area contributed by atoms with Crippen LogP contribution in [-0.4, -0.2) is 31.2 Å². The molecule has 0 bridgehead atoms. The first-order chi connectivity index (χ1) is 9.47. The summed E-state index contributed by atoms with van der Waals surface area (Å²) in [7, 11) is 0. The summed E-state index contributed by atoms with van der Waals surface area (Å²) in [4.78, 5) is 28.2. The number of carbonyl (C=O) groups is 1. The van der Waals surface area contributed by atoms with E-state index in [1.54, 1.807) is 6.92 Å². The van der Waals surface area contributed by atoms with Crippen molar-refractivity contribution in [1.82, 2.24) is 20.4 Å². The van der Waals surface area contributed by atoms with E-state index in [0.29, 0.717) is 11.3 Å². The second kappa shape index (κ2) is 5.30. The second-order valence-corrected chi connectivity index (χ2v) is 3.79. The highest BCUT2D eigenvalue weighted by Gasteiger charge is 2.16. The summed E-state index contributed by atoms with van der Waals surface area (Å²) in [5.74, 6) is 0.210. The van der Waals surface area contributed by atoms with E-state index in [1.165, 1.54) is 6.07 Å². The van der Waals surface area contributed by atoms with E-state index in [-0.39, 0.29) is 23.9 Å². The van der Waals surface area contributed by atoms with E-state index in [0.717, 1.165) is 6.20 Å². The van der Waals surface area contributed by atoms with Crippen LogP contribution < -0.4 is 5.32 Å². The van der Waals surface area contributed by atoms with Gasteiger partial charge in [0.1, 0.15) is 18.4 Å². The van der Waals surface area contributed by atoms with Crippen LogP contribution in [0.4, 0.5) is 10.5 Å². The summed E-state index contributed by atoms with van der Waals surface area (Å²) in [6.07, 6.45) is -0.122. The number of nitrogens with one attached hydrogen (secondary N) is 1. The van der Waals surface area contributed by atoms with Gasteiger partial charge in [0, 0.05) is 6.07 Å². The predicted octanol–water partition coefficient (Wildman–Crippen LogP) is 1.12. The Hall–Kier alpha value is -3.04. The molecule has 0 aromatic carbocycles. The standard InChI is InChI=1S/C10H9N5O5/c1-5-2-6(15(18)19)3-11-8(5)9-13-7(20-14-9)4-12-10(16)17/h2-3,12H,4H2,1H3,(H,16,17). The van der Waals surface area contributed by atoms with Crippen LogP contribution in [0.15, 0.2) is 16.8 Å². The predicted molar refractivity (Wildman–Crippen MR) is 63.8 cm³/mol. The van der Waals surface area contributed by atoms with Gasteiger partial charge in [-0.3, -0.25) is 10.1 Å². The van der Waals surface area contributed by atoms with Gasteiger partial charge in [-0.2, -0.15) is 4.98 Å². The molecule has 0 saturated carbocycles. The highest BCUT2D eigenvalue weighted by molar-refractivity contribution is 5.64. The molecule has 104 valence electrons. The van der Waals surface area contributed by atoms with Crippen LogP contribution >= 0.6 is 0 Å². The maximum Gasteiger partial charge on any atom is 0.405 e. The largest absolute Gasteiger partial charge is 0.465 e. The lowest BCUT2D eigenvalue weighted by Gasteiger charge is -1.98. The number of amides is 1. The summed E-state index contributed by atoms with van der Waals surface area (Å²) >= 11 is 0. The molecule has 0 spiro atoms. The van der Waals surface area contributed by atoms with Gasteiger partial charge in [0.25, 0.3) is 5.69 Å². The Morgan fingerprint density at radius 1 is 1.60 bits per heavy atom. The van der Waals surface area contributed by atoms with Gasteiger partial charge in [0.05, 0.1) is 4.92 Å². The zero-order chi connectivity index (χ0) is 14.7. The van der Waals surface area contributed by atoms with Crippen molar-refractivity contribution in [3.8, 4) is 11.5 Å². The van der Waals surface area contributed by atoms with Gasteiger partial charge in [-0.15, -0.1) is 0 Å². The Morgan fingerprint density at radius 3 is 2.95 bits per heavy atom. The fraction of sp³-hybridized carbons (Fsp3) is 0.200. The topological polar surface area (TPSA) is 144 Å². The monoisotopic (exact) mass is 279 g/mol. The molecule has 2 aromatic heterocycles. The van der Waals surface area contributed by atoms with E-state index < -0.39 is 11.0 Å². The number of pyridine rings is 1. The van der Waals surface area contributed by atoms with Crippen molar-refractivity contribution in [2.24, 2.45) is 0 Å². The van der Waals surface area contributed by atoms with Gasteiger partial charge in [-0.05, 0) is 12.5 Å². The second-order valence-electron chi connectivity index (χ2n) is 3.79. The van der Waals surface area contributed by atoms with Crippen molar-refractivity contribution in [2.45, 2.75) is 13.5 Å². The molecule has 10 nitrogen and oxygen atoms in total. The van der Waals surface area contributed by atoms with Crippen molar-refractivity contribution >= 4 is 11.8 Å². The van der Waals surface area contributed by atoms with E-state index in [2.05, 4.69) is 20.4 Å². The summed E-state index contributed by atoms with van der Waals surface area (Å²) in [5.41, 5.74) is 0.709. The molecule has 0 fully saturated rings. The Labute approximate surface area is 111 Å². The first kappa shape index (κ1) is 13.4. The molecular weight excluding hydrogens is 270 g/mol. The van der Waals surface area contributed by atoms with Crippen LogP contribution in [-0.2, 0) is 6.54 Å². The molecule has 0 aliphatic carbocycles. The van der Waals surface area contributed by atoms with E-state index in [9.17, 15) is 14.9 Å². The van der Waals surface area contributed by atoms with E-state index in [4.69, 9.17) is 9.63 Å². The number of hydrogen-bond acceptors (Lipinski definition) is 7. The number of nitro groups is 1. The number of hydrogen-bond donors (Lipinski definition) is 2. The lowest BCUT2D eigenvalue weighted by atomic mass is 10.2. The van der Waals surface area contributed by atoms with Crippen LogP contribution in [0.25, 0.3) is 11.5 Å². The Bertz CT molecular complexity index is 668. The SMILES string of the molecule is Cc1cc([N+](=O)[O-])cnc1-c1noc(CNC(=O)O)n1. The highest BCUT2D eigenvalue weighted by Crippen LogP contribution is 2.21. The Kier molecular flexibility index (Phi) is 3.55. The lowest BCUT2D eigenvalue weighted by molar-refractivity contribution is -0.385. The molecule has 0 atom stereocenters. The van der Waals surface area contributed by atoms with Gasteiger partial charge in [0.2, 0.25) is 11.7 Å². The van der Waals surface area contributed by atoms with Gasteiger partial charge >= 0.3 is 6.09 Å². The maximum atomic E-state index is 10.6. The summed E-state index contributed by atoms with van der Waals surface area (Å²) in [6, 6.07) is 1.34. The van der Waals surface area contributed by atoms with E-state index >= 15 is 0 Å². The molecule has 0 aliphatic rings. The third kappa shape index (κ3) is 2.85. The van der Waals surface area contributed by atoms with Crippen molar-refractivity contribution < 1.29 is 19.3 Å². The molecule has 2 aromatic rings. The molecule has 2 rings (SSSR count). The highest BCUT2D eigenvalue weighted by atomic mass is 16.6. The third-order valence-corrected chi connectivity index (χ3v) is 2.35. The molecule has 2 heterocycles.